The van der Waals surface area contributed by atoms with Gasteiger partial charge in [0.05, 0.1) is 5.56 Å². The molecule has 0 radical (unpaired) electrons. The first-order valence-electron chi connectivity index (χ1n) is 8.06. The van der Waals surface area contributed by atoms with Gasteiger partial charge in [-0.25, -0.2) is 0 Å². The highest BCUT2D eigenvalue weighted by molar-refractivity contribution is 7.14. The van der Waals surface area contributed by atoms with Gasteiger partial charge in [0.2, 0.25) is 0 Å². The van der Waals surface area contributed by atoms with Crippen LogP contribution in [0.15, 0.2) is 35.7 Å². The van der Waals surface area contributed by atoms with Crippen molar-refractivity contribution in [3.05, 3.63) is 52.4 Å². The van der Waals surface area contributed by atoms with Gasteiger partial charge in [-0.1, -0.05) is 19.1 Å². The van der Waals surface area contributed by atoms with Gasteiger partial charge >= 0.3 is 0 Å². The van der Waals surface area contributed by atoms with Crippen molar-refractivity contribution < 1.29 is 9.59 Å². The molecule has 1 heterocycles. The summed E-state index contributed by atoms with van der Waals surface area (Å²) >= 11 is 1.35. The maximum Gasteiger partial charge on any atom is 0.256 e. The second kappa shape index (κ2) is 9.20. The van der Waals surface area contributed by atoms with Gasteiger partial charge in [0, 0.05) is 12.1 Å². The number of hydrogen-bond donors (Lipinski definition) is 3. The van der Waals surface area contributed by atoms with E-state index in [4.69, 9.17) is 0 Å². The molecule has 0 saturated heterocycles. The van der Waals surface area contributed by atoms with Crippen LogP contribution in [0, 0.1) is 0 Å². The molecule has 24 heavy (non-hydrogen) atoms. The molecule has 1 aromatic heterocycles. The molecule has 0 aliphatic carbocycles. The summed E-state index contributed by atoms with van der Waals surface area (Å²) in [4.78, 5) is 24.6. The Morgan fingerprint density at radius 2 is 1.79 bits per heavy atom. The van der Waals surface area contributed by atoms with Crippen LogP contribution in [0.4, 0.5) is 5.00 Å². The lowest BCUT2D eigenvalue weighted by atomic mass is 10.1. The highest BCUT2D eigenvalue weighted by Crippen LogP contribution is 2.24. The monoisotopic (exact) mass is 345 g/mol. The maximum absolute atomic E-state index is 12.3. The van der Waals surface area contributed by atoms with Gasteiger partial charge in [-0.3, -0.25) is 9.59 Å². The van der Waals surface area contributed by atoms with E-state index in [2.05, 4.69) is 22.9 Å². The molecule has 0 saturated carbocycles. The number of carbonyl (C=O) groups excluding carboxylic acids is 2. The molecule has 0 atom stereocenters. The average Bonchev–Trinajstić information content (AvgIpc) is 3.06. The number of hydrogen-bond acceptors (Lipinski definition) is 4. The quantitative estimate of drug-likeness (QED) is 0.644. The Balaban J connectivity index is 1.98. The van der Waals surface area contributed by atoms with Crippen LogP contribution in [0.1, 0.15) is 39.6 Å². The first kappa shape index (κ1) is 18.2. The van der Waals surface area contributed by atoms with E-state index in [9.17, 15) is 9.59 Å². The highest BCUT2D eigenvalue weighted by atomic mass is 32.1. The van der Waals surface area contributed by atoms with Crippen molar-refractivity contribution in [1.82, 2.24) is 10.6 Å². The fraction of sp³-hybridized carbons (Fsp3) is 0.333. The smallest absolute Gasteiger partial charge is 0.256 e. The fourth-order valence-corrected chi connectivity index (χ4v) is 2.99. The third-order valence-corrected chi connectivity index (χ3v) is 4.48. The van der Waals surface area contributed by atoms with Crippen LogP contribution in [0.5, 0.6) is 0 Å². The predicted octanol–water partition coefficient (Wildman–Crippen LogP) is 2.90. The second-order valence-corrected chi connectivity index (χ2v) is 6.30. The van der Waals surface area contributed by atoms with Gasteiger partial charge in [-0.2, -0.15) is 0 Å². The summed E-state index contributed by atoms with van der Waals surface area (Å²) in [7, 11) is 1.88. The molecular formula is C18H23N3O2S. The lowest BCUT2D eigenvalue weighted by molar-refractivity contribution is 0.0954. The second-order valence-electron chi connectivity index (χ2n) is 5.38. The molecule has 2 amide bonds. The first-order chi connectivity index (χ1) is 11.7. The van der Waals surface area contributed by atoms with Gasteiger partial charge < -0.3 is 16.0 Å². The summed E-state index contributed by atoms with van der Waals surface area (Å²) in [6.07, 6.45) is 1.79. The molecule has 0 aliphatic rings. The highest BCUT2D eigenvalue weighted by Gasteiger charge is 2.15. The fourth-order valence-electron chi connectivity index (χ4n) is 2.21. The van der Waals surface area contributed by atoms with Gasteiger partial charge in [0.25, 0.3) is 11.8 Å². The van der Waals surface area contributed by atoms with E-state index >= 15 is 0 Å². The minimum atomic E-state index is -0.204. The summed E-state index contributed by atoms with van der Waals surface area (Å²) < 4.78 is 0. The van der Waals surface area contributed by atoms with E-state index in [0.29, 0.717) is 22.7 Å². The molecule has 0 bridgehead atoms. The van der Waals surface area contributed by atoms with Crippen molar-refractivity contribution in [1.29, 1.82) is 0 Å². The zero-order valence-corrected chi connectivity index (χ0v) is 14.8. The van der Waals surface area contributed by atoms with Crippen molar-refractivity contribution in [2.45, 2.75) is 19.8 Å². The van der Waals surface area contributed by atoms with Crippen LogP contribution >= 0.6 is 11.3 Å². The van der Waals surface area contributed by atoms with Gasteiger partial charge in [0.1, 0.15) is 5.00 Å². The van der Waals surface area contributed by atoms with Crippen LogP contribution in [-0.2, 0) is 6.42 Å². The molecule has 0 aliphatic heterocycles. The van der Waals surface area contributed by atoms with Gasteiger partial charge in [0.15, 0.2) is 0 Å². The van der Waals surface area contributed by atoms with Crippen LogP contribution < -0.4 is 16.0 Å². The number of benzene rings is 1. The number of carbonyl (C=O) groups is 2. The van der Waals surface area contributed by atoms with Crippen molar-refractivity contribution >= 4 is 28.2 Å². The predicted molar refractivity (Wildman–Crippen MR) is 99.0 cm³/mol. The van der Waals surface area contributed by atoms with Crippen LogP contribution in [0.3, 0.4) is 0 Å². The zero-order chi connectivity index (χ0) is 17.4. The Hall–Kier alpha value is -2.18. The SMILES string of the molecule is CCc1ccc(C(=O)Nc2sccc2C(=O)NCCCNC)cc1. The third kappa shape index (κ3) is 4.91. The molecule has 0 fully saturated rings. The van der Waals surface area contributed by atoms with Gasteiger partial charge in [-0.15, -0.1) is 11.3 Å². The summed E-state index contributed by atoms with van der Waals surface area (Å²) in [5.74, 6) is -0.367. The molecule has 2 rings (SSSR count). The molecule has 2 aromatic rings. The minimum Gasteiger partial charge on any atom is -0.352 e. The number of nitrogens with one attached hydrogen (secondary N) is 3. The van der Waals surface area contributed by atoms with E-state index in [1.165, 1.54) is 16.9 Å². The summed E-state index contributed by atoms with van der Waals surface area (Å²) in [5.41, 5.74) is 2.27. The zero-order valence-electron chi connectivity index (χ0n) is 14.0. The Kier molecular flexibility index (Phi) is 6.96. The molecule has 128 valence electrons. The number of amides is 2. The minimum absolute atomic E-state index is 0.163. The topological polar surface area (TPSA) is 70.2 Å². The lowest BCUT2D eigenvalue weighted by Gasteiger charge is -2.08. The lowest BCUT2D eigenvalue weighted by Crippen LogP contribution is -2.27. The molecular weight excluding hydrogens is 322 g/mol. The summed E-state index contributed by atoms with van der Waals surface area (Å²) in [6, 6.07) is 9.23. The van der Waals surface area contributed by atoms with Crippen LogP contribution in [0.25, 0.3) is 0 Å². The normalized spacial score (nSPS) is 10.4. The van der Waals surface area contributed by atoms with E-state index in [0.717, 1.165) is 19.4 Å². The molecule has 5 nitrogen and oxygen atoms in total. The number of thiophene rings is 1. The van der Waals surface area contributed by atoms with Gasteiger partial charge in [-0.05, 0) is 55.6 Å². The van der Waals surface area contributed by atoms with Crippen LogP contribution in [0.2, 0.25) is 0 Å². The number of rotatable bonds is 8. The van der Waals surface area contributed by atoms with Crippen molar-refractivity contribution in [2.75, 3.05) is 25.5 Å². The molecule has 6 heteroatoms. The summed E-state index contributed by atoms with van der Waals surface area (Å²) in [6.45, 7) is 3.52. The molecule has 0 unspecified atom stereocenters. The number of anilines is 1. The summed E-state index contributed by atoms with van der Waals surface area (Å²) in [5, 5.41) is 11.1. The first-order valence-corrected chi connectivity index (χ1v) is 8.94. The van der Waals surface area contributed by atoms with Crippen molar-refractivity contribution in [3.63, 3.8) is 0 Å². The molecule has 0 spiro atoms. The largest absolute Gasteiger partial charge is 0.352 e. The Morgan fingerprint density at radius 1 is 1.04 bits per heavy atom. The van der Waals surface area contributed by atoms with E-state index in [1.54, 1.807) is 23.6 Å². The molecule has 1 aromatic carbocycles. The van der Waals surface area contributed by atoms with Crippen LogP contribution in [-0.4, -0.2) is 32.0 Å². The Bertz CT molecular complexity index is 680. The number of aryl methyl sites for hydroxylation is 1. The standard InChI is InChI=1S/C18H23N3O2S/c1-3-13-5-7-14(8-6-13)16(22)21-18-15(9-12-24-18)17(23)20-11-4-10-19-2/h5-9,12,19H,3-4,10-11H2,1-2H3,(H,20,23)(H,21,22). The molecule has 3 N–H and O–H groups in total. The van der Waals surface area contributed by atoms with E-state index in [1.807, 2.05) is 19.2 Å². The average molecular weight is 345 g/mol. The Labute approximate surface area is 146 Å². The van der Waals surface area contributed by atoms with Crippen molar-refractivity contribution in [3.8, 4) is 0 Å². The Morgan fingerprint density at radius 3 is 2.46 bits per heavy atom. The van der Waals surface area contributed by atoms with E-state index < -0.39 is 0 Å². The third-order valence-electron chi connectivity index (χ3n) is 3.65. The maximum atomic E-state index is 12.3. The van der Waals surface area contributed by atoms with Crippen molar-refractivity contribution in [2.24, 2.45) is 0 Å². The van der Waals surface area contributed by atoms with E-state index in [-0.39, 0.29) is 11.8 Å².